The van der Waals surface area contributed by atoms with Crippen molar-refractivity contribution < 1.29 is 13.5 Å². The highest BCUT2D eigenvalue weighted by Crippen LogP contribution is 2.12. The van der Waals surface area contributed by atoms with Crippen LogP contribution in [0.4, 0.5) is 5.69 Å². The number of rotatable bonds is 9. The Bertz CT molecular complexity index is 480. The summed E-state index contributed by atoms with van der Waals surface area (Å²) >= 11 is 0. The number of anilines is 1. The SMILES string of the molecule is CCCC(CCO)CNS(=O)(=O)Cc1ccc(N)cc1. The van der Waals surface area contributed by atoms with Crippen LogP contribution in [0, 0.1) is 5.92 Å². The number of hydrogen-bond acceptors (Lipinski definition) is 4. The van der Waals surface area contributed by atoms with Gasteiger partial charge in [-0.15, -0.1) is 0 Å². The Hall–Kier alpha value is -1.11. The van der Waals surface area contributed by atoms with Crippen molar-refractivity contribution in [3.05, 3.63) is 29.8 Å². The molecule has 114 valence electrons. The van der Waals surface area contributed by atoms with Gasteiger partial charge in [0.2, 0.25) is 10.0 Å². The van der Waals surface area contributed by atoms with E-state index < -0.39 is 10.0 Å². The molecular weight excluding hydrogens is 276 g/mol. The van der Waals surface area contributed by atoms with Crippen molar-refractivity contribution in [2.24, 2.45) is 5.92 Å². The van der Waals surface area contributed by atoms with Gasteiger partial charge in [0, 0.05) is 18.8 Å². The fourth-order valence-electron chi connectivity index (χ4n) is 2.07. The largest absolute Gasteiger partial charge is 0.399 e. The topological polar surface area (TPSA) is 92.4 Å². The van der Waals surface area contributed by atoms with E-state index in [1.54, 1.807) is 24.3 Å². The third kappa shape index (κ3) is 6.36. The van der Waals surface area contributed by atoms with Crippen molar-refractivity contribution >= 4 is 15.7 Å². The fourth-order valence-corrected chi connectivity index (χ4v) is 3.29. The zero-order valence-electron chi connectivity index (χ0n) is 11.9. The van der Waals surface area contributed by atoms with Gasteiger partial charge in [0.1, 0.15) is 0 Å². The number of nitrogens with one attached hydrogen (secondary N) is 1. The second-order valence-corrected chi connectivity index (χ2v) is 6.82. The lowest BCUT2D eigenvalue weighted by Gasteiger charge is -2.15. The molecular formula is C14H24N2O3S. The smallest absolute Gasteiger partial charge is 0.215 e. The van der Waals surface area contributed by atoms with Gasteiger partial charge in [0.25, 0.3) is 0 Å². The lowest BCUT2D eigenvalue weighted by molar-refractivity contribution is 0.251. The molecule has 0 spiro atoms. The van der Waals surface area contributed by atoms with Crippen LogP contribution in [0.2, 0.25) is 0 Å². The van der Waals surface area contributed by atoms with Crippen molar-refractivity contribution in [3.63, 3.8) is 0 Å². The number of nitrogens with two attached hydrogens (primary N) is 1. The minimum absolute atomic E-state index is 0.0503. The molecule has 1 aromatic rings. The Morgan fingerprint density at radius 3 is 2.45 bits per heavy atom. The van der Waals surface area contributed by atoms with Gasteiger partial charge in [-0.3, -0.25) is 0 Å². The van der Waals surface area contributed by atoms with Gasteiger partial charge in [-0.05, 0) is 36.5 Å². The van der Waals surface area contributed by atoms with E-state index in [9.17, 15) is 8.42 Å². The number of benzene rings is 1. The molecule has 0 aliphatic rings. The van der Waals surface area contributed by atoms with Gasteiger partial charge < -0.3 is 10.8 Å². The minimum Gasteiger partial charge on any atom is -0.399 e. The van der Waals surface area contributed by atoms with E-state index in [-0.39, 0.29) is 18.3 Å². The molecule has 1 aromatic carbocycles. The van der Waals surface area contributed by atoms with Crippen molar-refractivity contribution in [2.75, 3.05) is 18.9 Å². The first-order valence-corrected chi connectivity index (χ1v) is 8.54. The zero-order valence-corrected chi connectivity index (χ0v) is 12.7. The zero-order chi connectivity index (χ0) is 15.0. The van der Waals surface area contributed by atoms with Crippen LogP contribution < -0.4 is 10.5 Å². The summed E-state index contributed by atoms with van der Waals surface area (Å²) in [5.74, 6) is 0.136. The van der Waals surface area contributed by atoms with E-state index >= 15 is 0 Å². The maximum Gasteiger partial charge on any atom is 0.215 e. The average molecular weight is 300 g/mol. The number of sulfonamides is 1. The van der Waals surface area contributed by atoms with Crippen LogP contribution >= 0.6 is 0 Å². The van der Waals surface area contributed by atoms with Crippen molar-refractivity contribution in [2.45, 2.75) is 31.9 Å². The maximum atomic E-state index is 12.0. The lowest BCUT2D eigenvalue weighted by atomic mass is 10.0. The van der Waals surface area contributed by atoms with Gasteiger partial charge >= 0.3 is 0 Å². The summed E-state index contributed by atoms with van der Waals surface area (Å²) in [5, 5.41) is 8.96. The Balaban J connectivity index is 2.54. The Morgan fingerprint density at radius 1 is 1.25 bits per heavy atom. The summed E-state index contributed by atoms with van der Waals surface area (Å²) in [4.78, 5) is 0. The van der Waals surface area contributed by atoms with Crippen LogP contribution in [0.5, 0.6) is 0 Å². The first kappa shape index (κ1) is 16.9. The molecule has 0 radical (unpaired) electrons. The van der Waals surface area contributed by atoms with Crippen LogP contribution in [0.25, 0.3) is 0 Å². The molecule has 1 atom stereocenters. The maximum absolute atomic E-state index is 12.0. The van der Waals surface area contributed by atoms with E-state index in [0.29, 0.717) is 24.2 Å². The monoisotopic (exact) mass is 300 g/mol. The molecule has 0 saturated heterocycles. The highest BCUT2D eigenvalue weighted by Gasteiger charge is 2.14. The van der Waals surface area contributed by atoms with Gasteiger partial charge in [0.05, 0.1) is 5.75 Å². The number of hydrogen-bond donors (Lipinski definition) is 3. The quantitative estimate of drug-likeness (QED) is 0.602. The predicted octanol–water partition coefficient (Wildman–Crippen LogP) is 1.49. The number of nitrogen functional groups attached to an aromatic ring is 1. The van der Waals surface area contributed by atoms with Crippen LogP contribution in [0.3, 0.4) is 0 Å². The van der Waals surface area contributed by atoms with Gasteiger partial charge in [-0.1, -0.05) is 25.5 Å². The fraction of sp³-hybridized carbons (Fsp3) is 0.571. The summed E-state index contributed by atoms with van der Waals surface area (Å²) in [6, 6.07) is 6.81. The second-order valence-electron chi connectivity index (χ2n) is 5.02. The van der Waals surface area contributed by atoms with Crippen LogP contribution in [0.1, 0.15) is 31.7 Å². The minimum atomic E-state index is -3.35. The van der Waals surface area contributed by atoms with Crippen molar-refractivity contribution in [1.82, 2.24) is 4.72 Å². The van der Waals surface area contributed by atoms with E-state index in [0.717, 1.165) is 12.8 Å². The predicted molar refractivity (Wildman–Crippen MR) is 81.6 cm³/mol. The summed E-state index contributed by atoms with van der Waals surface area (Å²) in [6.07, 6.45) is 2.51. The highest BCUT2D eigenvalue weighted by atomic mass is 32.2. The van der Waals surface area contributed by atoms with Gasteiger partial charge in [-0.25, -0.2) is 13.1 Å². The Labute approximate surface area is 121 Å². The number of aliphatic hydroxyl groups excluding tert-OH is 1. The second kappa shape index (κ2) is 8.24. The molecule has 0 fully saturated rings. The Morgan fingerprint density at radius 2 is 1.90 bits per heavy atom. The molecule has 6 heteroatoms. The lowest BCUT2D eigenvalue weighted by Crippen LogP contribution is -2.30. The normalized spacial score (nSPS) is 13.3. The standard InChI is InChI=1S/C14H24N2O3S/c1-2-3-12(8-9-17)10-16-20(18,19)11-13-4-6-14(15)7-5-13/h4-7,12,16-17H,2-3,8-11,15H2,1H3. The molecule has 0 aliphatic heterocycles. The molecule has 0 saturated carbocycles. The number of aliphatic hydroxyl groups is 1. The molecule has 0 amide bonds. The summed E-state index contributed by atoms with van der Waals surface area (Å²) in [7, 11) is -3.35. The van der Waals surface area contributed by atoms with Crippen LogP contribution in [-0.4, -0.2) is 26.7 Å². The molecule has 20 heavy (non-hydrogen) atoms. The summed E-state index contributed by atoms with van der Waals surface area (Å²) < 4.78 is 26.6. The average Bonchev–Trinajstić information content (AvgIpc) is 2.39. The van der Waals surface area contributed by atoms with E-state index in [1.165, 1.54) is 0 Å². The van der Waals surface area contributed by atoms with E-state index in [2.05, 4.69) is 4.72 Å². The first-order valence-electron chi connectivity index (χ1n) is 6.89. The summed E-state index contributed by atoms with van der Waals surface area (Å²) in [5.41, 5.74) is 6.89. The van der Waals surface area contributed by atoms with Crippen LogP contribution in [-0.2, 0) is 15.8 Å². The molecule has 0 bridgehead atoms. The Kier molecular flexibility index (Phi) is 6.98. The van der Waals surface area contributed by atoms with Gasteiger partial charge in [-0.2, -0.15) is 0 Å². The third-order valence-corrected chi connectivity index (χ3v) is 4.48. The van der Waals surface area contributed by atoms with Crippen LogP contribution in [0.15, 0.2) is 24.3 Å². The van der Waals surface area contributed by atoms with Crippen molar-refractivity contribution in [1.29, 1.82) is 0 Å². The molecule has 5 nitrogen and oxygen atoms in total. The summed E-state index contributed by atoms with van der Waals surface area (Å²) in [6.45, 7) is 2.52. The van der Waals surface area contributed by atoms with Gasteiger partial charge in [0.15, 0.2) is 0 Å². The first-order chi connectivity index (χ1) is 9.46. The highest BCUT2D eigenvalue weighted by molar-refractivity contribution is 7.88. The molecule has 1 unspecified atom stereocenters. The van der Waals surface area contributed by atoms with E-state index in [4.69, 9.17) is 10.8 Å². The molecule has 0 aliphatic carbocycles. The molecule has 0 heterocycles. The molecule has 1 rings (SSSR count). The third-order valence-electron chi connectivity index (χ3n) is 3.16. The molecule has 0 aromatic heterocycles. The van der Waals surface area contributed by atoms with E-state index in [1.807, 2.05) is 6.92 Å². The van der Waals surface area contributed by atoms with Crippen molar-refractivity contribution in [3.8, 4) is 0 Å². The molecule has 4 N–H and O–H groups in total.